The molecule has 0 saturated carbocycles. The summed E-state index contributed by atoms with van der Waals surface area (Å²) >= 11 is 1.39. The number of amides is 1. The topological polar surface area (TPSA) is 153 Å². The Hall–Kier alpha value is -3.19. The van der Waals surface area contributed by atoms with Crippen molar-refractivity contribution in [2.24, 2.45) is 5.14 Å². The smallest absolute Gasteiger partial charge is 0.274 e. The molecule has 2 heterocycles. The third-order valence-corrected chi connectivity index (χ3v) is 5.89. The van der Waals surface area contributed by atoms with Crippen molar-refractivity contribution in [1.82, 2.24) is 25.2 Å². The molecule has 4 aromatic rings. The molecule has 12 heteroatoms. The SMILES string of the molecule is CC(=O)NC(c1nnc(CNS(N)(=O)=O)o1)c1nc2ccc(-c3ccccc3)cc2s1. The van der Waals surface area contributed by atoms with Crippen molar-refractivity contribution < 1.29 is 17.6 Å². The first-order chi connectivity index (χ1) is 14.8. The van der Waals surface area contributed by atoms with E-state index >= 15 is 0 Å². The van der Waals surface area contributed by atoms with Gasteiger partial charge in [-0.2, -0.15) is 13.1 Å². The van der Waals surface area contributed by atoms with E-state index in [2.05, 4.69) is 25.2 Å². The Labute approximate surface area is 181 Å². The Morgan fingerprint density at radius 2 is 1.94 bits per heavy atom. The second-order valence-electron chi connectivity index (χ2n) is 6.63. The maximum absolute atomic E-state index is 11.8. The molecule has 4 rings (SSSR count). The minimum Gasteiger partial charge on any atom is -0.421 e. The Kier molecular flexibility index (Phi) is 5.78. The van der Waals surface area contributed by atoms with Crippen molar-refractivity contribution in [3.8, 4) is 11.1 Å². The molecule has 0 aliphatic rings. The van der Waals surface area contributed by atoms with E-state index in [4.69, 9.17) is 9.56 Å². The van der Waals surface area contributed by atoms with Gasteiger partial charge in [0.05, 0.1) is 16.8 Å². The molecule has 0 fully saturated rings. The fraction of sp³-hybridized carbons (Fsp3) is 0.158. The van der Waals surface area contributed by atoms with Crippen LogP contribution in [0.2, 0.25) is 0 Å². The number of benzene rings is 2. The molecule has 1 unspecified atom stereocenters. The fourth-order valence-electron chi connectivity index (χ4n) is 2.93. The second kappa shape index (κ2) is 8.51. The average Bonchev–Trinajstić information content (AvgIpc) is 3.37. The minimum atomic E-state index is -3.91. The first-order valence-electron chi connectivity index (χ1n) is 9.11. The van der Waals surface area contributed by atoms with E-state index in [-0.39, 0.29) is 24.2 Å². The van der Waals surface area contributed by atoms with Crippen LogP contribution in [-0.2, 0) is 21.5 Å². The van der Waals surface area contributed by atoms with Crippen LogP contribution in [0.4, 0.5) is 0 Å². The molecule has 0 saturated heterocycles. The molecular weight excluding hydrogens is 440 g/mol. The van der Waals surface area contributed by atoms with Gasteiger partial charge in [0.1, 0.15) is 5.01 Å². The summed E-state index contributed by atoms with van der Waals surface area (Å²) in [4.78, 5) is 16.4. The molecule has 0 spiro atoms. The van der Waals surface area contributed by atoms with Crippen molar-refractivity contribution in [2.75, 3.05) is 0 Å². The van der Waals surface area contributed by atoms with E-state index in [1.807, 2.05) is 48.5 Å². The number of nitrogens with zero attached hydrogens (tertiary/aromatic N) is 3. The molecule has 10 nitrogen and oxygen atoms in total. The van der Waals surface area contributed by atoms with E-state index in [9.17, 15) is 13.2 Å². The molecule has 1 amide bonds. The molecule has 1 atom stereocenters. The van der Waals surface area contributed by atoms with Gasteiger partial charge in [-0.1, -0.05) is 36.4 Å². The van der Waals surface area contributed by atoms with Crippen molar-refractivity contribution in [3.63, 3.8) is 0 Å². The predicted octanol–water partition coefficient (Wildman–Crippen LogP) is 1.86. The van der Waals surface area contributed by atoms with Crippen molar-refractivity contribution in [3.05, 3.63) is 65.3 Å². The number of nitrogens with one attached hydrogen (secondary N) is 2. The van der Waals surface area contributed by atoms with Crippen LogP contribution in [0, 0.1) is 0 Å². The highest BCUT2D eigenvalue weighted by Crippen LogP contribution is 2.32. The van der Waals surface area contributed by atoms with Crippen LogP contribution in [0.15, 0.2) is 52.9 Å². The quantitative estimate of drug-likeness (QED) is 0.382. The zero-order valence-electron chi connectivity index (χ0n) is 16.3. The van der Waals surface area contributed by atoms with Crippen molar-refractivity contribution in [1.29, 1.82) is 0 Å². The third kappa shape index (κ3) is 5.11. The molecule has 0 aliphatic carbocycles. The van der Waals surface area contributed by atoms with E-state index in [0.717, 1.165) is 21.3 Å². The molecule has 0 aliphatic heterocycles. The number of fused-ring (bicyclic) bond motifs is 1. The number of rotatable bonds is 7. The summed E-state index contributed by atoms with van der Waals surface area (Å²) in [6.07, 6.45) is 0. The average molecular weight is 459 g/mol. The fourth-order valence-corrected chi connectivity index (χ4v) is 4.30. The lowest BCUT2D eigenvalue weighted by atomic mass is 10.1. The summed E-state index contributed by atoms with van der Waals surface area (Å²) in [6, 6.07) is 15.1. The lowest BCUT2D eigenvalue weighted by Gasteiger charge is -2.10. The highest BCUT2D eigenvalue weighted by molar-refractivity contribution is 7.87. The summed E-state index contributed by atoms with van der Waals surface area (Å²) < 4.78 is 30.6. The summed E-state index contributed by atoms with van der Waals surface area (Å²) in [5.41, 5.74) is 2.90. The number of hydrogen-bond donors (Lipinski definition) is 3. The number of carbonyl (C=O) groups is 1. The molecular formula is C19H18N6O4S2. The number of aromatic nitrogens is 3. The van der Waals surface area contributed by atoms with Crippen LogP contribution in [-0.4, -0.2) is 29.5 Å². The van der Waals surface area contributed by atoms with Crippen LogP contribution in [0.1, 0.15) is 29.8 Å². The molecule has 4 N–H and O–H groups in total. The first kappa shape index (κ1) is 21.1. The van der Waals surface area contributed by atoms with Gasteiger partial charge < -0.3 is 9.73 Å². The van der Waals surface area contributed by atoms with Gasteiger partial charge in [0.15, 0.2) is 6.04 Å². The number of hydrogen-bond acceptors (Lipinski definition) is 8. The van der Waals surface area contributed by atoms with Crippen LogP contribution in [0.5, 0.6) is 0 Å². The summed E-state index contributed by atoms with van der Waals surface area (Å²) in [5, 5.41) is 16.0. The Bertz CT molecular complexity index is 1330. The van der Waals surface area contributed by atoms with E-state index < -0.39 is 16.3 Å². The van der Waals surface area contributed by atoms with Crippen molar-refractivity contribution >= 4 is 37.7 Å². The molecule has 0 bridgehead atoms. The molecule has 31 heavy (non-hydrogen) atoms. The maximum atomic E-state index is 11.8. The van der Waals surface area contributed by atoms with Gasteiger partial charge in [0.25, 0.3) is 10.2 Å². The predicted molar refractivity (Wildman–Crippen MR) is 115 cm³/mol. The van der Waals surface area contributed by atoms with E-state index in [0.29, 0.717) is 5.01 Å². The monoisotopic (exact) mass is 458 g/mol. The van der Waals surface area contributed by atoms with E-state index in [1.165, 1.54) is 18.3 Å². The second-order valence-corrected chi connectivity index (χ2v) is 9.08. The highest BCUT2D eigenvalue weighted by atomic mass is 32.2. The van der Waals surface area contributed by atoms with Crippen LogP contribution >= 0.6 is 11.3 Å². The van der Waals surface area contributed by atoms with Crippen LogP contribution < -0.4 is 15.2 Å². The molecule has 2 aromatic carbocycles. The van der Waals surface area contributed by atoms with Gasteiger partial charge >= 0.3 is 0 Å². The van der Waals surface area contributed by atoms with Crippen LogP contribution in [0.3, 0.4) is 0 Å². The standard InChI is InChI=1S/C19H18N6O4S2/c1-11(26)22-17(18-25-24-16(29-18)10-21-31(20,27)28)19-23-14-8-7-13(9-15(14)30-19)12-5-3-2-4-6-12/h2-9,17,21H,10H2,1H3,(H,22,26)(H2,20,27,28). The molecule has 2 aromatic heterocycles. The summed E-state index contributed by atoms with van der Waals surface area (Å²) in [5.74, 6) is -0.216. The maximum Gasteiger partial charge on any atom is 0.274 e. The minimum absolute atomic E-state index is 0.00634. The molecule has 0 radical (unpaired) electrons. The van der Waals surface area contributed by atoms with E-state index in [1.54, 1.807) is 0 Å². The first-order valence-corrected chi connectivity index (χ1v) is 11.5. The van der Waals surface area contributed by atoms with Gasteiger partial charge in [-0.3, -0.25) is 4.79 Å². The summed E-state index contributed by atoms with van der Waals surface area (Å²) in [7, 11) is -3.91. The lowest BCUT2D eigenvalue weighted by molar-refractivity contribution is -0.119. The largest absolute Gasteiger partial charge is 0.421 e. The Balaban J connectivity index is 1.66. The van der Waals surface area contributed by atoms with Gasteiger partial charge in [0.2, 0.25) is 17.7 Å². The number of carbonyl (C=O) groups excluding carboxylic acids is 1. The van der Waals surface area contributed by atoms with Gasteiger partial charge in [0, 0.05) is 6.92 Å². The highest BCUT2D eigenvalue weighted by Gasteiger charge is 2.26. The van der Waals surface area contributed by atoms with Crippen molar-refractivity contribution in [2.45, 2.75) is 19.5 Å². The number of thiazole rings is 1. The molecule has 160 valence electrons. The third-order valence-electron chi connectivity index (χ3n) is 4.26. The normalized spacial score (nSPS) is 12.7. The number of nitrogens with two attached hydrogens (primary N) is 1. The van der Waals surface area contributed by atoms with Crippen LogP contribution in [0.25, 0.3) is 21.3 Å². The Morgan fingerprint density at radius 3 is 2.65 bits per heavy atom. The zero-order chi connectivity index (χ0) is 22.0. The Morgan fingerprint density at radius 1 is 1.16 bits per heavy atom. The van der Waals surface area contributed by atoms with Gasteiger partial charge in [-0.05, 0) is 23.3 Å². The lowest BCUT2D eigenvalue weighted by Crippen LogP contribution is -2.30. The van der Waals surface area contributed by atoms with Gasteiger partial charge in [-0.25, -0.2) is 10.1 Å². The summed E-state index contributed by atoms with van der Waals surface area (Å²) in [6.45, 7) is 1.10. The van der Waals surface area contributed by atoms with Gasteiger partial charge in [-0.15, -0.1) is 21.5 Å². The zero-order valence-corrected chi connectivity index (χ0v) is 17.9.